The van der Waals surface area contributed by atoms with E-state index >= 15 is 0 Å². The van der Waals surface area contributed by atoms with Gasteiger partial charge in [-0.3, -0.25) is 20.4 Å². The van der Waals surface area contributed by atoms with Gasteiger partial charge in [-0.25, -0.2) is 9.37 Å². The number of thiazole rings is 1. The largest absolute Gasteiger partial charge is 0.380 e. The number of hydrogen-bond acceptors (Lipinski definition) is 7. The number of fused-ring (bicyclic) bond motifs is 2. The van der Waals surface area contributed by atoms with Crippen molar-refractivity contribution >= 4 is 59.9 Å². The summed E-state index contributed by atoms with van der Waals surface area (Å²) < 4.78 is 21.0. The third kappa shape index (κ3) is 4.11. The summed E-state index contributed by atoms with van der Waals surface area (Å²) in [4.78, 5) is 29.4. The summed E-state index contributed by atoms with van der Waals surface area (Å²) in [6, 6.07) is 12.3. The molecule has 2 heterocycles. The second kappa shape index (κ2) is 8.74. The minimum absolute atomic E-state index is 0.0634. The minimum Gasteiger partial charge on any atom is -0.380 e. The second-order valence-electron chi connectivity index (χ2n) is 6.30. The number of nitrogens with zero attached hydrogens (tertiary/aromatic N) is 1. The number of anilines is 1. The SMILES string of the molecule is COCc1c(C(=O)NNC(=O)CNc2nc3ccccc3s2)sc2cccc(F)c12. The first-order valence-electron chi connectivity index (χ1n) is 8.94. The summed E-state index contributed by atoms with van der Waals surface area (Å²) >= 11 is 2.58. The Balaban J connectivity index is 1.40. The van der Waals surface area contributed by atoms with Crippen molar-refractivity contribution in [3.05, 3.63) is 58.7 Å². The number of carbonyl (C=O) groups is 2. The molecule has 0 aliphatic carbocycles. The quantitative estimate of drug-likeness (QED) is 0.395. The maximum Gasteiger partial charge on any atom is 0.280 e. The molecular formula is C20H17FN4O3S2. The number of thiophene rings is 1. The molecule has 0 aliphatic heterocycles. The van der Waals surface area contributed by atoms with Crippen LogP contribution in [-0.4, -0.2) is 30.5 Å². The van der Waals surface area contributed by atoms with E-state index in [1.807, 2.05) is 24.3 Å². The number of aromatic nitrogens is 1. The van der Waals surface area contributed by atoms with Crippen LogP contribution in [0.4, 0.5) is 9.52 Å². The molecule has 0 saturated heterocycles. The molecule has 3 N–H and O–H groups in total. The topological polar surface area (TPSA) is 92.4 Å². The summed E-state index contributed by atoms with van der Waals surface area (Å²) in [6.45, 7) is 0.0167. The molecule has 0 atom stereocenters. The zero-order valence-electron chi connectivity index (χ0n) is 15.8. The number of amides is 2. The first-order valence-corrected chi connectivity index (χ1v) is 10.6. The van der Waals surface area contributed by atoms with Crippen molar-refractivity contribution in [2.45, 2.75) is 6.61 Å². The molecular weight excluding hydrogens is 427 g/mol. The lowest BCUT2D eigenvalue weighted by Crippen LogP contribution is -2.44. The summed E-state index contributed by atoms with van der Waals surface area (Å²) in [5, 5.41) is 3.91. The van der Waals surface area contributed by atoms with Crippen molar-refractivity contribution in [3.8, 4) is 0 Å². The van der Waals surface area contributed by atoms with Crippen LogP contribution in [0.3, 0.4) is 0 Å². The number of hydrazine groups is 1. The molecule has 0 aliphatic rings. The van der Waals surface area contributed by atoms with E-state index < -0.39 is 17.6 Å². The van der Waals surface area contributed by atoms with E-state index in [1.54, 1.807) is 12.1 Å². The number of methoxy groups -OCH3 is 1. The highest BCUT2D eigenvalue weighted by Crippen LogP contribution is 2.33. The van der Waals surface area contributed by atoms with Crippen molar-refractivity contribution in [1.29, 1.82) is 0 Å². The van der Waals surface area contributed by atoms with Gasteiger partial charge in [-0.2, -0.15) is 0 Å². The van der Waals surface area contributed by atoms with Crippen LogP contribution in [0.1, 0.15) is 15.2 Å². The van der Waals surface area contributed by atoms with Gasteiger partial charge in [0.1, 0.15) is 10.7 Å². The number of hydrogen-bond donors (Lipinski definition) is 3. The van der Waals surface area contributed by atoms with Gasteiger partial charge in [-0.1, -0.05) is 29.5 Å². The van der Waals surface area contributed by atoms with Gasteiger partial charge in [0.05, 0.1) is 23.4 Å². The fourth-order valence-corrected chi connectivity index (χ4v) is 4.94. The molecule has 0 fully saturated rings. The lowest BCUT2D eigenvalue weighted by Gasteiger charge is -2.08. The van der Waals surface area contributed by atoms with Crippen molar-refractivity contribution < 1.29 is 18.7 Å². The number of carbonyl (C=O) groups excluding carboxylic acids is 2. The van der Waals surface area contributed by atoms with Crippen LogP contribution >= 0.6 is 22.7 Å². The zero-order valence-corrected chi connectivity index (χ0v) is 17.5. The Morgan fingerprint density at radius 2 is 1.87 bits per heavy atom. The van der Waals surface area contributed by atoms with Crippen LogP contribution in [-0.2, 0) is 16.1 Å². The first kappa shape index (κ1) is 20.2. The lowest BCUT2D eigenvalue weighted by molar-refractivity contribution is -0.120. The van der Waals surface area contributed by atoms with E-state index in [9.17, 15) is 14.0 Å². The fourth-order valence-electron chi connectivity index (χ4n) is 2.96. The molecule has 0 radical (unpaired) electrons. The molecule has 0 unspecified atom stereocenters. The number of ether oxygens (including phenoxy) is 1. The molecule has 2 aromatic heterocycles. The molecule has 2 amide bonds. The van der Waals surface area contributed by atoms with Gasteiger partial charge >= 0.3 is 0 Å². The van der Waals surface area contributed by atoms with Crippen LogP contribution in [0.2, 0.25) is 0 Å². The standard InChI is InChI=1S/C20H17FN4O3S2/c1-28-10-11-17-12(21)5-4-8-15(17)29-18(11)19(27)25-24-16(26)9-22-20-23-13-6-2-3-7-14(13)30-20/h2-8H,9-10H2,1H3,(H,22,23)(H,24,26)(H,25,27). The average molecular weight is 445 g/mol. The Morgan fingerprint density at radius 1 is 1.07 bits per heavy atom. The van der Waals surface area contributed by atoms with Crippen LogP contribution < -0.4 is 16.2 Å². The van der Waals surface area contributed by atoms with Crippen LogP contribution in [0, 0.1) is 5.82 Å². The van der Waals surface area contributed by atoms with E-state index in [0.29, 0.717) is 20.8 Å². The Morgan fingerprint density at radius 3 is 2.67 bits per heavy atom. The van der Waals surface area contributed by atoms with Gasteiger partial charge in [0.15, 0.2) is 5.13 Å². The van der Waals surface area contributed by atoms with Gasteiger partial charge < -0.3 is 10.1 Å². The summed E-state index contributed by atoms with van der Waals surface area (Å²) in [5.74, 6) is -1.39. The van der Waals surface area contributed by atoms with Gasteiger partial charge in [0.2, 0.25) is 0 Å². The van der Waals surface area contributed by atoms with E-state index in [-0.39, 0.29) is 18.0 Å². The molecule has 2 aromatic carbocycles. The molecule has 30 heavy (non-hydrogen) atoms. The molecule has 10 heteroatoms. The van der Waals surface area contributed by atoms with E-state index in [1.165, 1.54) is 24.5 Å². The summed E-state index contributed by atoms with van der Waals surface area (Å²) in [5.41, 5.74) is 6.04. The minimum atomic E-state index is -0.531. The average Bonchev–Trinajstić information content (AvgIpc) is 3.33. The third-order valence-corrected chi connectivity index (χ3v) is 6.46. The van der Waals surface area contributed by atoms with Gasteiger partial charge in [0, 0.05) is 22.8 Å². The molecule has 154 valence electrons. The monoisotopic (exact) mass is 444 g/mol. The predicted octanol–water partition coefficient (Wildman–Crippen LogP) is 3.67. The zero-order chi connectivity index (χ0) is 21.1. The Labute approximate surface area is 178 Å². The van der Waals surface area contributed by atoms with Gasteiger partial charge in [-0.05, 0) is 24.3 Å². The number of halogens is 1. The van der Waals surface area contributed by atoms with Crippen LogP contribution in [0.25, 0.3) is 20.3 Å². The smallest absolute Gasteiger partial charge is 0.280 e. The maximum absolute atomic E-state index is 14.2. The van der Waals surface area contributed by atoms with E-state index in [2.05, 4.69) is 21.2 Å². The molecule has 7 nitrogen and oxygen atoms in total. The van der Waals surface area contributed by atoms with Crippen LogP contribution in [0.15, 0.2) is 42.5 Å². The summed E-state index contributed by atoms with van der Waals surface area (Å²) in [7, 11) is 1.47. The molecule has 0 saturated carbocycles. The number of nitrogens with one attached hydrogen (secondary N) is 3. The number of benzene rings is 2. The predicted molar refractivity (Wildman–Crippen MR) is 116 cm³/mol. The Bertz CT molecular complexity index is 1200. The molecule has 4 rings (SSSR count). The van der Waals surface area contributed by atoms with Gasteiger partial charge in [0.25, 0.3) is 11.8 Å². The normalized spacial score (nSPS) is 11.0. The first-order chi connectivity index (χ1) is 14.6. The Kier molecular flexibility index (Phi) is 5.88. The second-order valence-corrected chi connectivity index (χ2v) is 8.38. The molecule has 0 bridgehead atoms. The van der Waals surface area contributed by atoms with Gasteiger partial charge in [-0.15, -0.1) is 11.3 Å². The Hall–Kier alpha value is -3.08. The maximum atomic E-state index is 14.2. The third-order valence-electron chi connectivity index (χ3n) is 4.27. The van der Waals surface area contributed by atoms with Crippen molar-refractivity contribution in [1.82, 2.24) is 15.8 Å². The number of rotatable bonds is 6. The van der Waals surface area contributed by atoms with Crippen molar-refractivity contribution in [2.24, 2.45) is 0 Å². The fraction of sp³-hybridized carbons (Fsp3) is 0.150. The van der Waals surface area contributed by atoms with Crippen molar-refractivity contribution in [3.63, 3.8) is 0 Å². The van der Waals surface area contributed by atoms with Crippen molar-refractivity contribution in [2.75, 3.05) is 19.0 Å². The highest BCUT2D eigenvalue weighted by Gasteiger charge is 2.21. The van der Waals surface area contributed by atoms with Crippen LogP contribution in [0.5, 0.6) is 0 Å². The lowest BCUT2D eigenvalue weighted by atomic mass is 10.1. The highest BCUT2D eigenvalue weighted by atomic mass is 32.1. The highest BCUT2D eigenvalue weighted by molar-refractivity contribution is 7.22. The molecule has 0 spiro atoms. The van der Waals surface area contributed by atoms with E-state index in [4.69, 9.17) is 4.74 Å². The summed E-state index contributed by atoms with van der Waals surface area (Å²) in [6.07, 6.45) is 0. The molecule has 4 aromatic rings. The number of para-hydroxylation sites is 1. The van der Waals surface area contributed by atoms with E-state index in [0.717, 1.165) is 21.6 Å².